The first kappa shape index (κ1) is 24.7. The quantitative estimate of drug-likeness (QED) is 0.104. The SMILES string of the molecule is CCn1c(O)c(N=Nc2cc(C)c(S(=O)(=O)O)cc2SOOO)c(C)c(OCN)c1=O. The molecule has 2 aromatic rings. The highest BCUT2D eigenvalue weighted by atomic mass is 32.2. The van der Waals surface area contributed by atoms with Gasteiger partial charge < -0.3 is 9.84 Å². The summed E-state index contributed by atoms with van der Waals surface area (Å²) in [6.45, 7) is 4.34. The fraction of sp³-hybridized carbons (Fsp3) is 0.312. The van der Waals surface area contributed by atoms with Crippen molar-refractivity contribution in [2.45, 2.75) is 37.1 Å². The van der Waals surface area contributed by atoms with Gasteiger partial charge in [0.05, 0.1) is 21.8 Å². The summed E-state index contributed by atoms with van der Waals surface area (Å²) in [5.41, 5.74) is 5.04. The van der Waals surface area contributed by atoms with E-state index in [1.54, 1.807) is 6.92 Å². The Hall–Kier alpha value is -2.53. The Balaban J connectivity index is 2.68. The third-order valence-electron chi connectivity index (χ3n) is 4.09. The zero-order valence-electron chi connectivity index (χ0n) is 16.6. The third-order valence-corrected chi connectivity index (χ3v) is 5.72. The van der Waals surface area contributed by atoms with Gasteiger partial charge in [-0.3, -0.25) is 19.6 Å². The van der Waals surface area contributed by atoms with Crippen LogP contribution in [0, 0.1) is 13.8 Å². The van der Waals surface area contributed by atoms with Crippen LogP contribution in [0.25, 0.3) is 0 Å². The van der Waals surface area contributed by atoms with E-state index < -0.39 is 26.5 Å². The lowest BCUT2D eigenvalue weighted by Gasteiger charge is -2.14. The molecule has 1 aromatic heterocycles. The Morgan fingerprint density at radius 2 is 1.94 bits per heavy atom. The summed E-state index contributed by atoms with van der Waals surface area (Å²) in [4.78, 5) is 12.0. The van der Waals surface area contributed by atoms with Gasteiger partial charge in [-0.05, 0) is 38.5 Å². The number of azo groups is 1. The van der Waals surface area contributed by atoms with Crippen LogP contribution in [0.4, 0.5) is 11.4 Å². The third kappa shape index (κ3) is 5.40. The Bertz CT molecular complexity index is 1160. The first-order valence-corrected chi connectivity index (χ1v) is 10.7. The van der Waals surface area contributed by atoms with Crippen molar-refractivity contribution >= 4 is 33.5 Å². The molecule has 0 fully saturated rings. The number of nitrogens with zero attached hydrogens (tertiary/aromatic N) is 3. The average Bonchev–Trinajstić information content (AvgIpc) is 2.69. The van der Waals surface area contributed by atoms with Crippen molar-refractivity contribution in [2.75, 3.05) is 6.73 Å². The van der Waals surface area contributed by atoms with Crippen LogP contribution in [0.3, 0.4) is 0 Å². The van der Waals surface area contributed by atoms with Crippen LogP contribution in [-0.2, 0) is 26.0 Å². The van der Waals surface area contributed by atoms with E-state index in [9.17, 15) is 22.9 Å². The molecule has 5 N–H and O–H groups in total. The van der Waals surface area contributed by atoms with Crippen molar-refractivity contribution in [3.8, 4) is 11.6 Å². The zero-order valence-corrected chi connectivity index (χ0v) is 18.2. The minimum atomic E-state index is -4.55. The maximum Gasteiger partial charge on any atom is 0.296 e. The average molecular weight is 476 g/mol. The van der Waals surface area contributed by atoms with Crippen molar-refractivity contribution < 1.29 is 37.4 Å². The molecule has 0 aliphatic heterocycles. The van der Waals surface area contributed by atoms with Crippen LogP contribution in [0.2, 0.25) is 0 Å². The summed E-state index contributed by atoms with van der Waals surface area (Å²) in [5, 5.41) is 30.3. The molecular weight excluding hydrogens is 456 g/mol. The molecule has 13 nitrogen and oxygen atoms in total. The molecule has 0 bridgehead atoms. The number of aromatic nitrogens is 1. The van der Waals surface area contributed by atoms with Gasteiger partial charge in [0, 0.05) is 12.1 Å². The van der Waals surface area contributed by atoms with Crippen LogP contribution in [0.1, 0.15) is 18.1 Å². The molecule has 0 saturated heterocycles. The predicted molar refractivity (Wildman–Crippen MR) is 108 cm³/mol. The number of hydrogen-bond donors (Lipinski definition) is 4. The number of aromatic hydroxyl groups is 1. The van der Waals surface area contributed by atoms with E-state index >= 15 is 0 Å². The first-order chi connectivity index (χ1) is 14.6. The summed E-state index contributed by atoms with van der Waals surface area (Å²) in [7, 11) is -4.55. The second-order valence-electron chi connectivity index (χ2n) is 5.97. The van der Waals surface area contributed by atoms with E-state index in [1.165, 1.54) is 19.9 Å². The fourth-order valence-electron chi connectivity index (χ4n) is 2.68. The van der Waals surface area contributed by atoms with Crippen molar-refractivity contribution in [3.05, 3.63) is 33.6 Å². The van der Waals surface area contributed by atoms with Gasteiger partial charge >= 0.3 is 0 Å². The van der Waals surface area contributed by atoms with Gasteiger partial charge in [-0.15, -0.1) is 14.6 Å². The number of benzene rings is 1. The molecule has 0 radical (unpaired) electrons. The summed E-state index contributed by atoms with van der Waals surface area (Å²) < 4.78 is 43.0. The standard InChI is InChI=1S/C16H20N4O9S2/c1-4-20-15(21)13(9(3)14(16(20)22)27-7-17)19-18-10-5-8(2)12(31(24,25)26)6-11(10)30-29-28-23/h5-6,21,23H,4,7,17H2,1-3H3,(H,24,25,26). The highest BCUT2D eigenvalue weighted by molar-refractivity contribution is 7.94. The molecule has 31 heavy (non-hydrogen) atoms. The van der Waals surface area contributed by atoms with Crippen LogP contribution >= 0.6 is 12.0 Å². The molecule has 0 amide bonds. The predicted octanol–water partition coefficient (Wildman–Crippen LogP) is 2.58. The van der Waals surface area contributed by atoms with Gasteiger partial charge in [0.15, 0.2) is 11.4 Å². The maximum absolute atomic E-state index is 12.4. The van der Waals surface area contributed by atoms with Crippen molar-refractivity contribution in [2.24, 2.45) is 16.0 Å². The number of nitrogens with two attached hydrogens (primary N) is 1. The highest BCUT2D eigenvalue weighted by Gasteiger charge is 2.21. The number of aryl methyl sites for hydroxylation is 1. The topological polar surface area (TPSA) is 195 Å². The van der Waals surface area contributed by atoms with Gasteiger partial charge in [0.2, 0.25) is 5.88 Å². The lowest BCUT2D eigenvalue weighted by molar-refractivity contribution is -0.432. The van der Waals surface area contributed by atoms with Gasteiger partial charge in [0.25, 0.3) is 15.7 Å². The van der Waals surface area contributed by atoms with Crippen molar-refractivity contribution in [3.63, 3.8) is 0 Å². The molecule has 2 rings (SSSR count). The Labute approximate surface area is 180 Å². The van der Waals surface area contributed by atoms with Gasteiger partial charge in [0.1, 0.15) is 12.4 Å². The summed E-state index contributed by atoms with van der Waals surface area (Å²) >= 11 is 0.390. The Morgan fingerprint density at radius 1 is 1.26 bits per heavy atom. The first-order valence-electron chi connectivity index (χ1n) is 8.54. The molecule has 0 saturated carbocycles. The summed E-state index contributed by atoms with van der Waals surface area (Å²) in [6, 6.07) is 2.31. The van der Waals surface area contributed by atoms with Gasteiger partial charge in [-0.25, -0.2) is 5.26 Å². The molecule has 0 aliphatic rings. The molecule has 15 heteroatoms. The molecule has 1 heterocycles. The molecule has 0 spiro atoms. The summed E-state index contributed by atoms with van der Waals surface area (Å²) in [6.07, 6.45) is 0. The monoisotopic (exact) mass is 476 g/mol. The van der Waals surface area contributed by atoms with Crippen LogP contribution in [0.15, 0.2) is 36.9 Å². The number of ether oxygens (including phenoxy) is 1. The Morgan fingerprint density at radius 3 is 2.48 bits per heavy atom. The van der Waals surface area contributed by atoms with E-state index in [2.05, 4.69) is 19.6 Å². The van der Waals surface area contributed by atoms with Crippen molar-refractivity contribution in [1.29, 1.82) is 0 Å². The van der Waals surface area contributed by atoms with E-state index in [-0.39, 0.29) is 46.4 Å². The largest absolute Gasteiger partial charge is 0.493 e. The van der Waals surface area contributed by atoms with Crippen LogP contribution < -0.4 is 16.0 Å². The van der Waals surface area contributed by atoms with E-state index in [1.807, 2.05) is 0 Å². The molecular formula is C16H20N4O9S2. The number of rotatable bonds is 9. The van der Waals surface area contributed by atoms with Gasteiger partial charge in [-0.1, -0.05) is 5.04 Å². The lowest BCUT2D eigenvalue weighted by atomic mass is 10.2. The van der Waals surface area contributed by atoms with Gasteiger partial charge in [-0.2, -0.15) is 8.42 Å². The maximum atomic E-state index is 12.4. The Kier molecular flexibility index (Phi) is 8.13. The second-order valence-corrected chi connectivity index (χ2v) is 8.11. The normalized spacial score (nSPS) is 11.9. The minimum Gasteiger partial charge on any atom is -0.493 e. The minimum absolute atomic E-state index is 0.00425. The van der Waals surface area contributed by atoms with Crippen molar-refractivity contribution in [1.82, 2.24) is 4.57 Å². The second kappa shape index (κ2) is 10.2. The molecule has 0 unspecified atom stereocenters. The lowest BCUT2D eigenvalue weighted by Crippen LogP contribution is -2.24. The molecule has 1 aromatic carbocycles. The molecule has 170 valence electrons. The van der Waals surface area contributed by atoms with E-state index in [4.69, 9.17) is 15.7 Å². The van der Waals surface area contributed by atoms with Crippen LogP contribution in [0.5, 0.6) is 11.6 Å². The zero-order chi connectivity index (χ0) is 23.3. The van der Waals surface area contributed by atoms with E-state index in [0.717, 1.165) is 10.6 Å². The van der Waals surface area contributed by atoms with Crippen LogP contribution in [-0.4, -0.2) is 34.6 Å². The summed E-state index contributed by atoms with van der Waals surface area (Å²) in [5.74, 6) is -0.575. The molecule has 0 atom stereocenters. The number of hydrogen-bond acceptors (Lipinski definition) is 12. The highest BCUT2D eigenvalue weighted by Crippen LogP contribution is 2.38. The molecule has 0 aliphatic carbocycles. The fourth-order valence-corrected chi connectivity index (χ4v) is 3.94. The van der Waals surface area contributed by atoms with E-state index in [0.29, 0.717) is 12.0 Å². The number of pyridine rings is 1. The smallest absolute Gasteiger partial charge is 0.296 e.